The highest BCUT2D eigenvalue weighted by molar-refractivity contribution is 5.58. The molecular formula is C11H12N2O3. The van der Waals surface area contributed by atoms with Crippen LogP contribution in [-0.2, 0) is 0 Å². The fourth-order valence-electron chi connectivity index (χ4n) is 1.31. The van der Waals surface area contributed by atoms with Gasteiger partial charge in [-0.2, -0.15) is 4.98 Å². The molecule has 0 spiro atoms. The van der Waals surface area contributed by atoms with Gasteiger partial charge in [0.25, 0.3) is 5.89 Å². The van der Waals surface area contributed by atoms with Crippen LogP contribution in [0.15, 0.2) is 22.7 Å². The van der Waals surface area contributed by atoms with E-state index in [1.165, 1.54) is 18.2 Å². The first-order chi connectivity index (χ1) is 7.56. The Morgan fingerprint density at radius 3 is 2.25 bits per heavy atom. The largest absolute Gasteiger partial charge is 0.508 e. The molecule has 0 saturated heterocycles. The minimum absolute atomic E-state index is 0.0423. The van der Waals surface area contributed by atoms with E-state index in [1.807, 2.05) is 13.8 Å². The topological polar surface area (TPSA) is 79.4 Å². The van der Waals surface area contributed by atoms with Crippen molar-refractivity contribution in [3.63, 3.8) is 0 Å². The molecule has 0 saturated carbocycles. The molecule has 0 bridgehead atoms. The number of nitrogens with zero attached hydrogens (tertiary/aromatic N) is 2. The lowest BCUT2D eigenvalue weighted by Gasteiger charge is -1.98. The molecule has 0 amide bonds. The number of hydrogen-bond acceptors (Lipinski definition) is 5. The molecule has 2 aromatic rings. The van der Waals surface area contributed by atoms with Gasteiger partial charge >= 0.3 is 0 Å². The average Bonchev–Trinajstić information content (AvgIpc) is 2.64. The summed E-state index contributed by atoms with van der Waals surface area (Å²) in [6.45, 7) is 3.91. The summed E-state index contributed by atoms with van der Waals surface area (Å²) in [5.74, 6) is 0.967. The molecule has 5 nitrogen and oxygen atoms in total. The maximum atomic E-state index is 9.32. The first kappa shape index (κ1) is 10.5. The van der Waals surface area contributed by atoms with Crippen molar-refractivity contribution in [1.82, 2.24) is 10.1 Å². The molecule has 2 N–H and O–H groups in total. The zero-order valence-corrected chi connectivity index (χ0v) is 9.01. The van der Waals surface area contributed by atoms with Crippen molar-refractivity contribution < 1.29 is 14.7 Å². The second kappa shape index (κ2) is 3.84. The number of rotatable bonds is 2. The van der Waals surface area contributed by atoms with Crippen molar-refractivity contribution in [2.75, 3.05) is 0 Å². The number of aromatic nitrogens is 2. The molecule has 1 heterocycles. The van der Waals surface area contributed by atoms with Gasteiger partial charge in [-0.3, -0.25) is 0 Å². The van der Waals surface area contributed by atoms with Gasteiger partial charge in [-0.05, 0) is 12.1 Å². The first-order valence-electron chi connectivity index (χ1n) is 4.93. The van der Waals surface area contributed by atoms with Gasteiger partial charge in [0.05, 0.1) is 0 Å². The Morgan fingerprint density at radius 2 is 1.75 bits per heavy atom. The summed E-state index contributed by atoms with van der Waals surface area (Å²) in [6, 6.07) is 4.15. The highest BCUT2D eigenvalue weighted by Gasteiger charge is 2.12. The number of phenolic OH excluding ortho intramolecular Hbond substituents is 2. The second-order valence-electron chi connectivity index (χ2n) is 3.85. The van der Waals surface area contributed by atoms with Crippen LogP contribution in [0.4, 0.5) is 0 Å². The summed E-state index contributed by atoms with van der Waals surface area (Å²) in [4.78, 5) is 4.16. The highest BCUT2D eigenvalue weighted by atomic mass is 16.5. The Bertz CT molecular complexity index is 485. The molecular weight excluding hydrogens is 208 g/mol. The lowest BCUT2D eigenvalue weighted by atomic mass is 10.2. The summed E-state index contributed by atoms with van der Waals surface area (Å²) in [6.07, 6.45) is 0. The minimum Gasteiger partial charge on any atom is -0.508 e. The monoisotopic (exact) mass is 220 g/mol. The van der Waals surface area contributed by atoms with Crippen LogP contribution in [0.3, 0.4) is 0 Å². The van der Waals surface area contributed by atoms with Crippen molar-refractivity contribution in [2.24, 2.45) is 0 Å². The normalized spacial score (nSPS) is 10.9. The van der Waals surface area contributed by atoms with Crippen molar-refractivity contribution in [1.29, 1.82) is 0 Å². The van der Waals surface area contributed by atoms with Gasteiger partial charge in [0.15, 0.2) is 5.82 Å². The van der Waals surface area contributed by atoms with Crippen LogP contribution in [-0.4, -0.2) is 20.4 Å². The maximum absolute atomic E-state index is 9.32. The average molecular weight is 220 g/mol. The van der Waals surface area contributed by atoms with E-state index >= 15 is 0 Å². The highest BCUT2D eigenvalue weighted by Crippen LogP contribution is 2.28. The molecule has 0 atom stereocenters. The minimum atomic E-state index is -0.0423. The van der Waals surface area contributed by atoms with E-state index < -0.39 is 0 Å². The van der Waals surface area contributed by atoms with Gasteiger partial charge in [0.1, 0.15) is 11.5 Å². The predicted molar refractivity (Wildman–Crippen MR) is 57.2 cm³/mol. The second-order valence-corrected chi connectivity index (χ2v) is 3.85. The van der Waals surface area contributed by atoms with Crippen LogP contribution in [0.5, 0.6) is 11.5 Å². The lowest BCUT2D eigenvalue weighted by molar-refractivity contribution is 0.417. The summed E-state index contributed by atoms with van der Waals surface area (Å²) in [5.41, 5.74) is 0.497. The van der Waals surface area contributed by atoms with Crippen molar-refractivity contribution in [3.05, 3.63) is 24.0 Å². The molecule has 5 heteroatoms. The number of hydrogen-bond donors (Lipinski definition) is 2. The lowest BCUT2D eigenvalue weighted by Crippen LogP contribution is -1.89. The first-order valence-corrected chi connectivity index (χ1v) is 4.93. The quantitative estimate of drug-likeness (QED) is 0.811. The molecule has 0 fully saturated rings. The third kappa shape index (κ3) is 1.98. The van der Waals surface area contributed by atoms with Gasteiger partial charge in [0.2, 0.25) is 0 Å². The molecule has 1 aromatic heterocycles. The Labute approximate surface area is 92.4 Å². The Morgan fingerprint density at radius 1 is 1.12 bits per heavy atom. The van der Waals surface area contributed by atoms with Crippen molar-refractivity contribution in [2.45, 2.75) is 19.8 Å². The molecule has 84 valence electrons. The van der Waals surface area contributed by atoms with Gasteiger partial charge in [0, 0.05) is 17.5 Å². The van der Waals surface area contributed by atoms with Crippen molar-refractivity contribution >= 4 is 0 Å². The third-order valence-electron chi connectivity index (χ3n) is 2.11. The molecule has 16 heavy (non-hydrogen) atoms. The van der Waals surface area contributed by atoms with Gasteiger partial charge < -0.3 is 14.7 Å². The molecule has 0 aliphatic heterocycles. The molecule has 0 unspecified atom stereocenters. The fourth-order valence-corrected chi connectivity index (χ4v) is 1.31. The number of phenols is 2. The SMILES string of the molecule is CC(C)c1noc(-c2cc(O)cc(O)c2)n1. The van der Waals surface area contributed by atoms with E-state index in [2.05, 4.69) is 10.1 Å². The standard InChI is InChI=1S/C11H12N2O3/c1-6(2)10-12-11(16-13-10)7-3-8(14)5-9(15)4-7/h3-6,14-15H,1-2H3. The zero-order chi connectivity index (χ0) is 11.7. The van der Waals surface area contributed by atoms with Gasteiger partial charge in [-0.25, -0.2) is 0 Å². The smallest absolute Gasteiger partial charge is 0.258 e. The van der Waals surface area contributed by atoms with Crippen LogP contribution >= 0.6 is 0 Å². The maximum Gasteiger partial charge on any atom is 0.258 e. The van der Waals surface area contributed by atoms with Crippen molar-refractivity contribution in [3.8, 4) is 23.0 Å². The van der Waals surface area contributed by atoms with Crippen LogP contribution in [0.1, 0.15) is 25.6 Å². The van der Waals surface area contributed by atoms with E-state index in [1.54, 1.807) is 0 Å². The third-order valence-corrected chi connectivity index (χ3v) is 2.11. The van der Waals surface area contributed by atoms with Crippen LogP contribution in [0.2, 0.25) is 0 Å². The molecule has 1 aromatic carbocycles. The van der Waals surface area contributed by atoms with E-state index in [9.17, 15) is 10.2 Å². The Balaban J connectivity index is 2.42. The summed E-state index contributed by atoms with van der Waals surface area (Å²) >= 11 is 0. The summed E-state index contributed by atoms with van der Waals surface area (Å²) in [5, 5.41) is 22.4. The Kier molecular flexibility index (Phi) is 2.52. The fraction of sp³-hybridized carbons (Fsp3) is 0.273. The van der Waals surface area contributed by atoms with Crippen LogP contribution < -0.4 is 0 Å². The summed E-state index contributed by atoms with van der Waals surface area (Å²) in [7, 11) is 0. The van der Waals surface area contributed by atoms with Gasteiger partial charge in [-0.1, -0.05) is 19.0 Å². The molecule has 0 radical (unpaired) electrons. The van der Waals surface area contributed by atoms with E-state index in [0.29, 0.717) is 11.4 Å². The number of benzene rings is 1. The Hall–Kier alpha value is -2.04. The molecule has 2 rings (SSSR count). The zero-order valence-electron chi connectivity index (χ0n) is 9.01. The van der Waals surface area contributed by atoms with Gasteiger partial charge in [-0.15, -0.1) is 0 Å². The van der Waals surface area contributed by atoms with Crippen LogP contribution in [0.25, 0.3) is 11.5 Å². The van der Waals surface area contributed by atoms with E-state index in [4.69, 9.17) is 4.52 Å². The summed E-state index contributed by atoms with van der Waals surface area (Å²) < 4.78 is 5.04. The van der Waals surface area contributed by atoms with E-state index in [0.717, 1.165) is 0 Å². The molecule has 0 aliphatic rings. The predicted octanol–water partition coefficient (Wildman–Crippen LogP) is 2.27. The molecule has 0 aliphatic carbocycles. The van der Waals surface area contributed by atoms with E-state index in [-0.39, 0.29) is 23.3 Å². The van der Waals surface area contributed by atoms with Crippen LogP contribution in [0, 0.1) is 0 Å². The number of aromatic hydroxyl groups is 2.